The number of sulfonamides is 1. The summed E-state index contributed by atoms with van der Waals surface area (Å²) in [5.41, 5.74) is 2.39. The quantitative estimate of drug-likeness (QED) is 0.644. The van der Waals surface area contributed by atoms with Crippen molar-refractivity contribution >= 4 is 33.2 Å². The van der Waals surface area contributed by atoms with Crippen molar-refractivity contribution in [2.24, 2.45) is 0 Å². The van der Waals surface area contributed by atoms with Crippen LogP contribution in [0.25, 0.3) is 11.3 Å². The topological polar surface area (TPSA) is 63.4 Å². The summed E-state index contributed by atoms with van der Waals surface area (Å²) in [6.07, 6.45) is 0.499. The number of hydrogen-bond acceptors (Lipinski definition) is 4. The highest BCUT2D eigenvalue weighted by molar-refractivity contribution is 7.89. The molecule has 0 saturated heterocycles. The Balaban J connectivity index is 1.68. The molecule has 0 spiro atoms. The van der Waals surface area contributed by atoms with Gasteiger partial charge in [0.1, 0.15) is 0 Å². The SMILES string of the molecule is O=S(=O)(c1ccc(Cl)cc1)N1CCc2noc(-c3ccc(Cl)cc3)c2C1. The molecule has 8 heteroatoms. The molecule has 1 aromatic heterocycles. The average Bonchev–Trinajstić information content (AvgIpc) is 3.06. The number of nitrogens with zero attached hydrogens (tertiary/aromatic N) is 2. The van der Waals surface area contributed by atoms with Gasteiger partial charge in [0, 0.05) is 40.7 Å². The maximum Gasteiger partial charge on any atom is 0.243 e. The van der Waals surface area contributed by atoms with Crippen LogP contribution in [0.2, 0.25) is 10.0 Å². The third-order valence-electron chi connectivity index (χ3n) is 4.36. The first-order valence-corrected chi connectivity index (χ1v) is 10.1. The summed E-state index contributed by atoms with van der Waals surface area (Å²) in [6.45, 7) is 0.562. The van der Waals surface area contributed by atoms with Gasteiger partial charge in [-0.1, -0.05) is 28.4 Å². The zero-order valence-electron chi connectivity index (χ0n) is 13.5. The minimum Gasteiger partial charge on any atom is -0.356 e. The van der Waals surface area contributed by atoms with Gasteiger partial charge in [-0.3, -0.25) is 0 Å². The summed E-state index contributed by atoms with van der Waals surface area (Å²) in [7, 11) is -3.62. The third-order valence-corrected chi connectivity index (χ3v) is 6.72. The number of fused-ring (bicyclic) bond motifs is 1. The highest BCUT2D eigenvalue weighted by Crippen LogP contribution is 2.33. The lowest BCUT2D eigenvalue weighted by Crippen LogP contribution is -2.35. The van der Waals surface area contributed by atoms with Gasteiger partial charge in [0.05, 0.1) is 10.6 Å². The maximum absolute atomic E-state index is 12.9. The summed E-state index contributed by atoms with van der Waals surface area (Å²) in [4.78, 5) is 0.217. The van der Waals surface area contributed by atoms with Crippen molar-refractivity contribution < 1.29 is 12.9 Å². The molecule has 0 atom stereocenters. The summed E-state index contributed by atoms with van der Waals surface area (Å²) < 4.78 is 32.8. The standard InChI is InChI=1S/C18H14Cl2N2O3S/c19-13-3-1-12(2-4-13)18-16-11-22(10-9-17(16)21-25-18)26(23,24)15-7-5-14(20)6-8-15/h1-8H,9-11H2. The van der Waals surface area contributed by atoms with Crippen LogP contribution in [0.1, 0.15) is 11.3 Å². The molecule has 2 heterocycles. The second kappa shape index (κ2) is 6.70. The second-order valence-electron chi connectivity index (χ2n) is 5.99. The van der Waals surface area contributed by atoms with Crippen LogP contribution in [-0.2, 0) is 23.0 Å². The van der Waals surface area contributed by atoms with Gasteiger partial charge < -0.3 is 4.52 Å². The van der Waals surface area contributed by atoms with Gasteiger partial charge in [-0.2, -0.15) is 4.31 Å². The molecule has 5 nitrogen and oxygen atoms in total. The van der Waals surface area contributed by atoms with E-state index in [0.717, 1.165) is 16.8 Å². The largest absolute Gasteiger partial charge is 0.356 e. The first kappa shape index (κ1) is 17.5. The van der Waals surface area contributed by atoms with Gasteiger partial charge in [0.2, 0.25) is 10.0 Å². The molecule has 0 bridgehead atoms. The summed E-state index contributed by atoms with van der Waals surface area (Å²) >= 11 is 11.8. The fraction of sp³-hybridized carbons (Fsp3) is 0.167. The highest BCUT2D eigenvalue weighted by atomic mass is 35.5. The van der Waals surface area contributed by atoms with Gasteiger partial charge in [-0.25, -0.2) is 8.42 Å². The number of hydrogen-bond donors (Lipinski definition) is 0. The number of rotatable bonds is 3. The van der Waals surface area contributed by atoms with Crippen molar-refractivity contribution in [2.45, 2.75) is 17.9 Å². The van der Waals surface area contributed by atoms with Crippen molar-refractivity contribution in [3.05, 3.63) is 69.8 Å². The Morgan fingerprint density at radius 2 is 1.58 bits per heavy atom. The Morgan fingerprint density at radius 1 is 0.962 bits per heavy atom. The van der Waals surface area contributed by atoms with Crippen LogP contribution in [0.4, 0.5) is 0 Å². The van der Waals surface area contributed by atoms with Crippen LogP contribution in [0.15, 0.2) is 57.9 Å². The number of benzene rings is 2. The summed E-state index contributed by atoms with van der Waals surface area (Å²) in [6, 6.07) is 13.4. The molecule has 0 radical (unpaired) electrons. The van der Waals surface area contributed by atoms with Gasteiger partial charge in [0.25, 0.3) is 0 Å². The minimum atomic E-state index is -3.62. The molecule has 0 saturated carbocycles. The molecule has 0 amide bonds. The van der Waals surface area contributed by atoms with Gasteiger partial charge in [-0.15, -0.1) is 0 Å². The fourth-order valence-electron chi connectivity index (χ4n) is 2.98. The van der Waals surface area contributed by atoms with Crippen molar-refractivity contribution in [3.8, 4) is 11.3 Å². The van der Waals surface area contributed by atoms with E-state index in [0.29, 0.717) is 28.8 Å². The highest BCUT2D eigenvalue weighted by Gasteiger charge is 2.32. The lowest BCUT2D eigenvalue weighted by molar-refractivity contribution is 0.386. The van der Waals surface area contributed by atoms with E-state index < -0.39 is 10.0 Å². The summed E-state index contributed by atoms with van der Waals surface area (Å²) in [5.74, 6) is 0.577. The van der Waals surface area contributed by atoms with E-state index >= 15 is 0 Å². The molecule has 0 aliphatic carbocycles. The van der Waals surface area contributed by atoms with E-state index in [2.05, 4.69) is 5.16 Å². The van der Waals surface area contributed by atoms with E-state index in [-0.39, 0.29) is 11.4 Å². The van der Waals surface area contributed by atoms with Crippen molar-refractivity contribution in [2.75, 3.05) is 6.54 Å². The maximum atomic E-state index is 12.9. The number of aromatic nitrogens is 1. The van der Waals surface area contributed by atoms with E-state index in [4.69, 9.17) is 27.7 Å². The predicted molar refractivity (Wildman–Crippen MR) is 99.7 cm³/mol. The monoisotopic (exact) mass is 408 g/mol. The Hall–Kier alpha value is -1.86. The van der Waals surface area contributed by atoms with Gasteiger partial charge >= 0.3 is 0 Å². The van der Waals surface area contributed by atoms with Crippen LogP contribution in [0.5, 0.6) is 0 Å². The normalized spacial score (nSPS) is 15.0. The Morgan fingerprint density at radius 3 is 2.23 bits per heavy atom. The zero-order valence-corrected chi connectivity index (χ0v) is 15.9. The Labute approximate surface area is 161 Å². The Bertz CT molecular complexity index is 1050. The first-order chi connectivity index (χ1) is 12.4. The molecule has 0 unspecified atom stereocenters. The molecule has 1 aliphatic heterocycles. The molecule has 2 aromatic carbocycles. The Kier molecular flexibility index (Phi) is 4.52. The van der Waals surface area contributed by atoms with E-state index in [1.54, 1.807) is 24.3 Å². The molecule has 3 aromatic rings. The first-order valence-electron chi connectivity index (χ1n) is 7.94. The minimum absolute atomic E-state index is 0.210. The molecule has 0 N–H and O–H groups in total. The van der Waals surface area contributed by atoms with Crippen molar-refractivity contribution in [1.29, 1.82) is 0 Å². The predicted octanol–water partition coefficient (Wildman–Crippen LogP) is 4.40. The molecule has 0 fully saturated rings. The van der Waals surface area contributed by atoms with Crippen LogP contribution in [-0.4, -0.2) is 24.4 Å². The van der Waals surface area contributed by atoms with E-state index in [9.17, 15) is 8.42 Å². The van der Waals surface area contributed by atoms with E-state index in [1.807, 2.05) is 12.1 Å². The lowest BCUT2D eigenvalue weighted by Gasteiger charge is -2.25. The van der Waals surface area contributed by atoms with Crippen molar-refractivity contribution in [1.82, 2.24) is 9.46 Å². The van der Waals surface area contributed by atoms with Gasteiger partial charge in [0.15, 0.2) is 5.76 Å². The lowest BCUT2D eigenvalue weighted by atomic mass is 10.0. The van der Waals surface area contributed by atoms with Crippen molar-refractivity contribution in [3.63, 3.8) is 0 Å². The third kappa shape index (κ3) is 3.14. The zero-order chi connectivity index (χ0) is 18.3. The molecule has 4 rings (SSSR count). The van der Waals surface area contributed by atoms with Crippen LogP contribution in [0.3, 0.4) is 0 Å². The smallest absolute Gasteiger partial charge is 0.243 e. The average molecular weight is 409 g/mol. The molecule has 1 aliphatic rings. The van der Waals surface area contributed by atoms with Gasteiger partial charge in [-0.05, 0) is 48.5 Å². The van der Waals surface area contributed by atoms with Crippen LogP contribution in [0, 0.1) is 0 Å². The summed E-state index contributed by atoms with van der Waals surface area (Å²) in [5, 5.41) is 5.22. The number of halogens is 2. The second-order valence-corrected chi connectivity index (χ2v) is 8.80. The van der Waals surface area contributed by atoms with Crippen LogP contribution < -0.4 is 0 Å². The molecule has 134 valence electrons. The van der Waals surface area contributed by atoms with E-state index in [1.165, 1.54) is 16.4 Å². The molecule has 26 heavy (non-hydrogen) atoms. The van der Waals surface area contributed by atoms with Crippen LogP contribution >= 0.6 is 23.2 Å². The fourth-order valence-corrected chi connectivity index (χ4v) is 4.64. The molecular weight excluding hydrogens is 395 g/mol. The molecular formula is C18H14Cl2N2O3S.